The molecule has 2 N–H and O–H groups in total. The van der Waals surface area contributed by atoms with Crippen LogP contribution >= 0.6 is 0 Å². The van der Waals surface area contributed by atoms with Crippen LogP contribution in [0.2, 0.25) is 0 Å². The van der Waals surface area contributed by atoms with Gasteiger partial charge in [0.1, 0.15) is 5.56 Å². The number of hydrogen-bond donors (Lipinski definition) is 2. The largest absolute Gasteiger partial charge is 0.383 e. The Bertz CT molecular complexity index is 748. The molecule has 2 aromatic heterocycles. The predicted octanol–water partition coefficient (Wildman–Crippen LogP) is 0.435. The maximum absolute atomic E-state index is 12.0. The van der Waals surface area contributed by atoms with Crippen molar-refractivity contribution in [2.45, 2.75) is 6.54 Å². The summed E-state index contributed by atoms with van der Waals surface area (Å²) < 4.78 is 6.34. The summed E-state index contributed by atoms with van der Waals surface area (Å²) in [4.78, 5) is 37.9. The minimum Gasteiger partial charge on any atom is -0.383 e. The van der Waals surface area contributed by atoms with Crippen molar-refractivity contribution >= 4 is 11.6 Å². The highest BCUT2D eigenvalue weighted by molar-refractivity contribution is 6.03. The Kier molecular flexibility index (Phi) is 4.68. The number of carbonyl (C=O) groups is 1. The van der Waals surface area contributed by atoms with Crippen molar-refractivity contribution < 1.29 is 9.53 Å². The third kappa shape index (κ3) is 3.67. The number of pyridine rings is 2. The van der Waals surface area contributed by atoms with Gasteiger partial charge < -0.3 is 19.6 Å². The number of nitrogens with zero attached hydrogens (tertiary/aromatic N) is 1. The summed E-state index contributed by atoms with van der Waals surface area (Å²) in [6, 6.07) is 4.11. The molecule has 2 rings (SSSR count). The first-order chi connectivity index (χ1) is 10.1. The van der Waals surface area contributed by atoms with Gasteiger partial charge in [-0.05, 0) is 6.07 Å². The van der Waals surface area contributed by atoms with Gasteiger partial charge in [0.2, 0.25) is 0 Å². The van der Waals surface area contributed by atoms with E-state index in [0.29, 0.717) is 18.8 Å². The zero-order valence-corrected chi connectivity index (χ0v) is 11.5. The van der Waals surface area contributed by atoms with Gasteiger partial charge in [-0.2, -0.15) is 0 Å². The van der Waals surface area contributed by atoms with Crippen LogP contribution < -0.4 is 16.3 Å². The molecule has 0 fully saturated rings. The van der Waals surface area contributed by atoms with E-state index in [1.165, 1.54) is 41.4 Å². The van der Waals surface area contributed by atoms with Gasteiger partial charge in [-0.3, -0.25) is 14.4 Å². The second-order valence-corrected chi connectivity index (χ2v) is 4.32. The summed E-state index contributed by atoms with van der Waals surface area (Å²) in [5.74, 6) is -0.534. The summed E-state index contributed by atoms with van der Waals surface area (Å²) in [6.07, 6.45) is 4.29. The van der Waals surface area contributed by atoms with E-state index >= 15 is 0 Å². The second kappa shape index (κ2) is 6.67. The lowest BCUT2D eigenvalue weighted by atomic mass is 10.2. The Morgan fingerprint density at radius 1 is 1.33 bits per heavy atom. The monoisotopic (exact) mass is 289 g/mol. The number of anilines is 1. The van der Waals surface area contributed by atoms with Crippen molar-refractivity contribution in [3.63, 3.8) is 0 Å². The van der Waals surface area contributed by atoms with Gasteiger partial charge in [-0.1, -0.05) is 0 Å². The van der Waals surface area contributed by atoms with Crippen LogP contribution in [0.3, 0.4) is 0 Å². The highest BCUT2D eigenvalue weighted by atomic mass is 16.5. The van der Waals surface area contributed by atoms with E-state index in [1.807, 2.05) is 0 Å². The Balaban J connectivity index is 2.20. The standard InChI is InChI=1S/C14H15N3O4/c1-21-7-6-17-9-10(2-3-13(17)19)16-14(20)11-8-15-5-4-12(11)18/h2-5,8-9H,6-7H2,1H3,(H,15,18)(H,16,20). The fraction of sp³-hybridized carbons (Fsp3) is 0.214. The van der Waals surface area contributed by atoms with Crippen molar-refractivity contribution in [1.82, 2.24) is 9.55 Å². The average Bonchev–Trinajstić information content (AvgIpc) is 2.48. The molecule has 0 aromatic carbocycles. The second-order valence-electron chi connectivity index (χ2n) is 4.32. The number of hydrogen-bond acceptors (Lipinski definition) is 4. The van der Waals surface area contributed by atoms with Crippen LogP contribution in [-0.2, 0) is 11.3 Å². The quantitative estimate of drug-likeness (QED) is 0.835. The summed E-state index contributed by atoms with van der Waals surface area (Å²) in [5, 5.41) is 2.58. The highest BCUT2D eigenvalue weighted by Crippen LogP contribution is 2.05. The molecule has 21 heavy (non-hydrogen) atoms. The molecule has 0 aliphatic rings. The van der Waals surface area contributed by atoms with Crippen LogP contribution in [0.4, 0.5) is 5.69 Å². The Morgan fingerprint density at radius 3 is 2.86 bits per heavy atom. The molecule has 2 heterocycles. The molecule has 0 unspecified atom stereocenters. The maximum Gasteiger partial charge on any atom is 0.261 e. The van der Waals surface area contributed by atoms with Gasteiger partial charge >= 0.3 is 0 Å². The fourth-order valence-corrected chi connectivity index (χ4v) is 1.76. The van der Waals surface area contributed by atoms with Gasteiger partial charge in [0.25, 0.3) is 11.5 Å². The Labute approximate surface area is 120 Å². The maximum atomic E-state index is 12.0. The zero-order chi connectivity index (χ0) is 15.2. The molecule has 0 spiro atoms. The SMILES string of the molecule is COCCn1cc(NC(=O)c2c[nH]ccc2=O)ccc1=O. The first-order valence-corrected chi connectivity index (χ1v) is 6.29. The van der Waals surface area contributed by atoms with E-state index in [-0.39, 0.29) is 16.6 Å². The molecule has 0 saturated heterocycles. The van der Waals surface area contributed by atoms with Crippen LogP contribution in [0.5, 0.6) is 0 Å². The number of nitrogens with one attached hydrogen (secondary N) is 2. The topological polar surface area (TPSA) is 93.2 Å². The smallest absolute Gasteiger partial charge is 0.261 e. The molecule has 0 radical (unpaired) electrons. The van der Waals surface area contributed by atoms with Gasteiger partial charge in [0.05, 0.1) is 12.3 Å². The number of rotatable bonds is 5. The molecule has 7 nitrogen and oxygen atoms in total. The van der Waals surface area contributed by atoms with E-state index < -0.39 is 5.91 Å². The Morgan fingerprint density at radius 2 is 2.14 bits per heavy atom. The van der Waals surface area contributed by atoms with Crippen LogP contribution in [0.15, 0.2) is 46.4 Å². The molecule has 0 atom stereocenters. The molecule has 0 aliphatic heterocycles. The fourth-order valence-electron chi connectivity index (χ4n) is 1.76. The number of carbonyl (C=O) groups excluding carboxylic acids is 1. The van der Waals surface area contributed by atoms with E-state index in [2.05, 4.69) is 10.3 Å². The lowest BCUT2D eigenvalue weighted by Crippen LogP contribution is -2.24. The summed E-state index contributed by atoms with van der Waals surface area (Å²) in [7, 11) is 1.54. The van der Waals surface area contributed by atoms with Crippen LogP contribution in [0, 0.1) is 0 Å². The molecule has 1 amide bonds. The first-order valence-electron chi connectivity index (χ1n) is 6.29. The number of methoxy groups -OCH3 is 1. The van der Waals surface area contributed by atoms with Crippen LogP contribution in [-0.4, -0.2) is 29.2 Å². The summed E-state index contributed by atoms with van der Waals surface area (Å²) in [5.41, 5.74) is -0.132. The molecular weight excluding hydrogens is 274 g/mol. The lowest BCUT2D eigenvalue weighted by Gasteiger charge is -2.09. The molecule has 0 aliphatic carbocycles. The van der Waals surface area contributed by atoms with Crippen molar-refractivity contribution in [2.75, 3.05) is 19.0 Å². The van der Waals surface area contributed by atoms with Gasteiger partial charge in [-0.15, -0.1) is 0 Å². The Hall–Kier alpha value is -2.67. The van der Waals surface area contributed by atoms with Crippen molar-refractivity contribution in [3.05, 3.63) is 62.9 Å². The number of H-pyrrole nitrogens is 1. The van der Waals surface area contributed by atoms with E-state index in [9.17, 15) is 14.4 Å². The van der Waals surface area contributed by atoms with E-state index in [0.717, 1.165) is 0 Å². The number of amides is 1. The van der Waals surface area contributed by atoms with Gasteiger partial charge in [0, 0.05) is 44.4 Å². The highest BCUT2D eigenvalue weighted by Gasteiger charge is 2.10. The van der Waals surface area contributed by atoms with Crippen molar-refractivity contribution in [3.8, 4) is 0 Å². The van der Waals surface area contributed by atoms with E-state index in [1.54, 1.807) is 7.11 Å². The first kappa shape index (κ1) is 14.7. The van der Waals surface area contributed by atoms with E-state index in [4.69, 9.17) is 4.74 Å². The van der Waals surface area contributed by atoms with Gasteiger partial charge in [-0.25, -0.2) is 0 Å². The minimum absolute atomic E-state index is 0.00661. The molecular formula is C14H15N3O4. The molecule has 110 valence electrons. The normalized spacial score (nSPS) is 10.3. The third-order valence-electron chi connectivity index (χ3n) is 2.85. The molecule has 0 saturated carbocycles. The lowest BCUT2D eigenvalue weighted by molar-refractivity contribution is 0.102. The number of ether oxygens (including phenoxy) is 1. The van der Waals surface area contributed by atoms with Crippen LogP contribution in [0.1, 0.15) is 10.4 Å². The summed E-state index contributed by atoms with van der Waals surface area (Å²) in [6.45, 7) is 0.765. The average molecular weight is 289 g/mol. The van der Waals surface area contributed by atoms with Crippen LogP contribution in [0.25, 0.3) is 0 Å². The molecule has 7 heteroatoms. The minimum atomic E-state index is -0.534. The van der Waals surface area contributed by atoms with Crippen molar-refractivity contribution in [2.24, 2.45) is 0 Å². The van der Waals surface area contributed by atoms with Crippen molar-refractivity contribution in [1.29, 1.82) is 0 Å². The molecule has 2 aromatic rings. The zero-order valence-electron chi connectivity index (χ0n) is 11.5. The van der Waals surface area contributed by atoms with Gasteiger partial charge in [0.15, 0.2) is 5.43 Å². The summed E-state index contributed by atoms with van der Waals surface area (Å²) >= 11 is 0. The number of aromatic amines is 1. The number of aromatic nitrogens is 2. The predicted molar refractivity (Wildman–Crippen MR) is 77.6 cm³/mol. The molecule has 0 bridgehead atoms. The third-order valence-corrected chi connectivity index (χ3v) is 2.85.